The summed E-state index contributed by atoms with van der Waals surface area (Å²) in [6, 6.07) is 8.18. The Kier molecular flexibility index (Phi) is 3.59. The van der Waals surface area contributed by atoms with Crippen molar-refractivity contribution in [2.75, 3.05) is 19.7 Å². The fourth-order valence-corrected chi connectivity index (χ4v) is 1.83. The van der Waals surface area contributed by atoms with Crippen molar-refractivity contribution < 1.29 is 9.84 Å². The molecule has 0 spiro atoms. The molecule has 1 aliphatic heterocycles. The average molecular weight is 207 g/mol. The lowest BCUT2D eigenvalue weighted by Gasteiger charge is -2.11. The van der Waals surface area contributed by atoms with Gasteiger partial charge in [-0.3, -0.25) is 0 Å². The molecule has 0 saturated carbocycles. The van der Waals surface area contributed by atoms with E-state index in [-0.39, 0.29) is 12.7 Å². The lowest BCUT2D eigenvalue weighted by atomic mass is 10.1. The molecule has 0 radical (unpaired) electrons. The molecule has 0 bridgehead atoms. The molecule has 1 atom stereocenters. The molecule has 0 aliphatic carbocycles. The molecule has 1 aromatic rings. The summed E-state index contributed by atoms with van der Waals surface area (Å²) >= 11 is 0. The molecule has 1 heterocycles. The lowest BCUT2D eigenvalue weighted by molar-refractivity contribution is 0.224. The average Bonchev–Trinajstić information content (AvgIpc) is 2.67. The third-order valence-electron chi connectivity index (χ3n) is 2.60. The van der Waals surface area contributed by atoms with Gasteiger partial charge in [-0.05, 0) is 24.6 Å². The Hall–Kier alpha value is -1.06. The first-order chi connectivity index (χ1) is 7.40. The van der Waals surface area contributed by atoms with E-state index in [2.05, 4.69) is 11.4 Å². The Morgan fingerprint density at radius 3 is 3.07 bits per heavy atom. The van der Waals surface area contributed by atoms with E-state index in [0.29, 0.717) is 0 Å². The summed E-state index contributed by atoms with van der Waals surface area (Å²) in [7, 11) is 0. The normalized spacial score (nSPS) is 18.6. The molecule has 0 fully saturated rings. The summed E-state index contributed by atoms with van der Waals surface area (Å²) in [5.41, 5.74) is 1.30. The quantitative estimate of drug-likeness (QED) is 0.707. The predicted molar refractivity (Wildman–Crippen MR) is 59.1 cm³/mol. The van der Waals surface area contributed by atoms with Gasteiger partial charge < -0.3 is 15.2 Å². The SMILES string of the molecule is OCCCNCC1Cc2ccccc2O1. The minimum absolute atomic E-state index is 0.249. The molecule has 1 aromatic carbocycles. The number of benzene rings is 1. The van der Waals surface area contributed by atoms with Crippen molar-refractivity contribution in [2.45, 2.75) is 18.9 Å². The van der Waals surface area contributed by atoms with Gasteiger partial charge in [-0.15, -0.1) is 0 Å². The van der Waals surface area contributed by atoms with E-state index >= 15 is 0 Å². The van der Waals surface area contributed by atoms with Crippen LogP contribution in [0.5, 0.6) is 5.75 Å². The van der Waals surface area contributed by atoms with Crippen molar-refractivity contribution in [3.63, 3.8) is 0 Å². The summed E-state index contributed by atoms with van der Waals surface area (Å²) in [5, 5.41) is 11.9. The minimum Gasteiger partial charge on any atom is -0.488 e. The predicted octanol–water partition coefficient (Wildman–Crippen LogP) is 0.962. The van der Waals surface area contributed by atoms with Gasteiger partial charge >= 0.3 is 0 Å². The molecular formula is C12H17NO2. The van der Waals surface area contributed by atoms with E-state index in [1.807, 2.05) is 18.2 Å². The van der Waals surface area contributed by atoms with Crippen molar-refractivity contribution in [3.05, 3.63) is 29.8 Å². The largest absolute Gasteiger partial charge is 0.488 e. The number of rotatable bonds is 5. The summed E-state index contributed by atoms with van der Waals surface area (Å²) in [4.78, 5) is 0. The van der Waals surface area contributed by atoms with E-state index in [1.54, 1.807) is 0 Å². The summed E-state index contributed by atoms with van der Waals surface area (Å²) < 4.78 is 5.76. The fraction of sp³-hybridized carbons (Fsp3) is 0.500. The van der Waals surface area contributed by atoms with Crippen LogP contribution in [0.1, 0.15) is 12.0 Å². The second kappa shape index (κ2) is 5.14. The molecule has 1 unspecified atom stereocenters. The molecule has 1 aliphatic rings. The maximum atomic E-state index is 8.63. The lowest BCUT2D eigenvalue weighted by Crippen LogP contribution is -2.30. The monoisotopic (exact) mass is 207 g/mol. The number of hydrogen-bond donors (Lipinski definition) is 2. The number of para-hydroxylation sites is 1. The van der Waals surface area contributed by atoms with Crippen LogP contribution in [0.25, 0.3) is 0 Å². The Labute approximate surface area is 90.1 Å². The Morgan fingerprint density at radius 2 is 2.27 bits per heavy atom. The van der Waals surface area contributed by atoms with Crippen LogP contribution in [-0.2, 0) is 6.42 Å². The Balaban J connectivity index is 1.76. The van der Waals surface area contributed by atoms with Gasteiger partial charge in [0.1, 0.15) is 11.9 Å². The number of fused-ring (bicyclic) bond motifs is 1. The highest BCUT2D eigenvalue weighted by atomic mass is 16.5. The zero-order valence-corrected chi connectivity index (χ0v) is 8.78. The van der Waals surface area contributed by atoms with E-state index in [1.165, 1.54) is 5.56 Å². The van der Waals surface area contributed by atoms with Gasteiger partial charge in [0.25, 0.3) is 0 Å². The summed E-state index contributed by atoms with van der Waals surface area (Å²) in [6.07, 6.45) is 2.04. The van der Waals surface area contributed by atoms with Gasteiger partial charge in [0.15, 0.2) is 0 Å². The third kappa shape index (κ3) is 2.70. The number of ether oxygens (including phenoxy) is 1. The zero-order chi connectivity index (χ0) is 10.5. The first-order valence-electron chi connectivity index (χ1n) is 5.46. The number of aliphatic hydroxyl groups is 1. The smallest absolute Gasteiger partial charge is 0.123 e. The topological polar surface area (TPSA) is 41.5 Å². The first kappa shape index (κ1) is 10.5. The maximum Gasteiger partial charge on any atom is 0.123 e. The molecule has 0 aromatic heterocycles. The van der Waals surface area contributed by atoms with Crippen LogP contribution in [0.3, 0.4) is 0 Å². The van der Waals surface area contributed by atoms with Gasteiger partial charge in [0.05, 0.1) is 0 Å². The Bertz CT molecular complexity index is 289. The van der Waals surface area contributed by atoms with Crippen LogP contribution in [0.4, 0.5) is 0 Å². The maximum absolute atomic E-state index is 8.63. The highest BCUT2D eigenvalue weighted by Crippen LogP contribution is 2.27. The molecule has 0 amide bonds. The van der Waals surface area contributed by atoms with Crippen LogP contribution < -0.4 is 10.1 Å². The highest BCUT2D eigenvalue weighted by Gasteiger charge is 2.21. The number of hydrogen-bond acceptors (Lipinski definition) is 3. The Morgan fingerprint density at radius 1 is 1.40 bits per heavy atom. The van der Waals surface area contributed by atoms with E-state index < -0.39 is 0 Å². The second-order valence-electron chi connectivity index (χ2n) is 3.83. The van der Waals surface area contributed by atoms with Crippen molar-refractivity contribution in [3.8, 4) is 5.75 Å². The van der Waals surface area contributed by atoms with Crippen LogP contribution in [0.2, 0.25) is 0 Å². The fourth-order valence-electron chi connectivity index (χ4n) is 1.83. The van der Waals surface area contributed by atoms with Crippen LogP contribution >= 0.6 is 0 Å². The number of nitrogens with one attached hydrogen (secondary N) is 1. The molecule has 15 heavy (non-hydrogen) atoms. The standard InChI is InChI=1S/C12H17NO2/c14-7-3-6-13-9-11-8-10-4-1-2-5-12(10)15-11/h1-2,4-5,11,13-14H,3,6-9H2. The van der Waals surface area contributed by atoms with Crippen LogP contribution in [0.15, 0.2) is 24.3 Å². The van der Waals surface area contributed by atoms with Gasteiger partial charge in [0.2, 0.25) is 0 Å². The summed E-state index contributed by atoms with van der Waals surface area (Å²) in [5.74, 6) is 1.02. The van der Waals surface area contributed by atoms with Crippen molar-refractivity contribution in [1.29, 1.82) is 0 Å². The third-order valence-corrected chi connectivity index (χ3v) is 2.60. The molecule has 82 valence electrons. The molecule has 3 heteroatoms. The summed E-state index contributed by atoms with van der Waals surface area (Å²) in [6.45, 7) is 1.96. The molecule has 3 nitrogen and oxygen atoms in total. The number of aliphatic hydroxyl groups excluding tert-OH is 1. The molecule has 2 N–H and O–H groups in total. The van der Waals surface area contributed by atoms with E-state index in [0.717, 1.165) is 31.7 Å². The van der Waals surface area contributed by atoms with Gasteiger partial charge in [0, 0.05) is 19.6 Å². The first-order valence-corrected chi connectivity index (χ1v) is 5.46. The van der Waals surface area contributed by atoms with Gasteiger partial charge in [-0.25, -0.2) is 0 Å². The van der Waals surface area contributed by atoms with Crippen LogP contribution in [-0.4, -0.2) is 30.9 Å². The molecular weight excluding hydrogens is 190 g/mol. The van der Waals surface area contributed by atoms with E-state index in [4.69, 9.17) is 9.84 Å². The van der Waals surface area contributed by atoms with Gasteiger partial charge in [-0.2, -0.15) is 0 Å². The van der Waals surface area contributed by atoms with E-state index in [9.17, 15) is 0 Å². The second-order valence-corrected chi connectivity index (χ2v) is 3.83. The molecule has 2 rings (SSSR count). The van der Waals surface area contributed by atoms with Crippen molar-refractivity contribution in [2.24, 2.45) is 0 Å². The highest BCUT2D eigenvalue weighted by molar-refractivity contribution is 5.37. The van der Waals surface area contributed by atoms with Crippen molar-refractivity contribution >= 4 is 0 Å². The van der Waals surface area contributed by atoms with Crippen molar-refractivity contribution in [1.82, 2.24) is 5.32 Å². The van der Waals surface area contributed by atoms with Gasteiger partial charge in [-0.1, -0.05) is 18.2 Å². The zero-order valence-electron chi connectivity index (χ0n) is 8.78. The minimum atomic E-state index is 0.249. The van der Waals surface area contributed by atoms with Crippen LogP contribution in [0, 0.1) is 0 Å². The molecule has 0 saturated heterocycles.